The van der Waals surface area contributed by atoms with E-state index in [-0.39, 0.29) is 36.2 Å². The molecule has 3 N–H and O–H groups in total. The van der Waals surface area contributed by atoms with Crippen molar-refractivity contribution in [3.05, 3.63) is 35.9 Å². The van der Waals surface area contributed by atoms with E-state index in [0.29, 0.717) is 25.0 Å². The number of hydrogen-bond donors (Lipinski definition) is 3. The quantitative estimate of drug-likeness (QED) is 0.286. The molecule has 4 rings (SSSR count). The standard InChI is InChI=1S/C22H31NO10S.Na/c24-18-15-9-5-2-6-10-31-21(19(18)25)33-17(15)13-34(29,30)12-16(20(26)27)23-22(28)32-11-14-7-3-1-4-8-14;/h1,3-4,7-8,15-19,21,24-25H,2,5-6,9-13H2,(H,23,28)(H,26,27);/q;+1/p-1. The third kappa shape index (κ3) is 8.97. The Morgan fingerprint density at radius 2 is 1.86 bits per heavy atom. The molecule has 0 radical (unpaired) electrons. The Morgan fingerprint density at radius 1 is 1.14 bits per heavy atom. The van der Waals surface area contributed by atoms with Gasteiger partial charge in [0.25, 0.3) is 0 Å². The van der Waals surface area contributed by atoms with E-state index >= 15 is 0 Å². The van der Waals surface area contributed by atoms with Crippen molar-refractivity contribution in [1.82, 2.24) is 5.32 Å². The molecular formula is C22H30NNaO10S. The van der Waals surface area contributed by atoms with E-state index in [1.807, 2.05) is 5.32 Å². The minimum atomic E-state index is -4.12. The van der Waals surface area contributed by atoms with Crippen LogP contribution in [-0.2, 0) is 35.4 Å². The third-order valence-electron chi connectivity index (χ3n) is 5.95. The van der Waals surface area contributed by atoms with Gasteiger partial charge in [0, 0.05) is 12.5 Å². The number of carbonyl (C=O) groups excluding carboxylic acids is 2. The van der Waals surface area contributed by atoms with Crippen molar-refractivity contribution in [2.75, 3.05) is 18.1 Å². The van der Waals surface area contributed by atoms with Crippen LogP contribution in [0.2, 0.25) is 0 Å². The van der Waals surface area contributed by atoms with E-state index in [4.69, 9.17) is 14.2 Å². The SMILES string of the molecule is O=C(NC(CS(=O)(=O)CC1OC2OCCCCCC1C(O)C2O)C(=O)[O-])OCc1ccccc1.[Na+]. The Kier molecular flexibility index (Phi) is 11.9. The number of benzene rings is 1. The molecule has 6 unspecified atom stereocenters. The molecule has 2 bridgehead atoms. The zero-order valence-electron chi connectivity index (χ0n) is 19.6. The number of ether oxygens (including phenoxy) is 3. The largest absolute Gasteiger partial charge is 1.00 e. The molecule has 35 heavy (non-hydrogen) atoms. The van der Waals surface area contributed by atoms with Gasteiger partial charge in [0.05, 0.1) is 35.7 Å². The van der Waals surface area contributed by atoms with Crippen LogP contribution in [0.4, 0.5) is 4.79 Å². The third-order valence-corrected chi connectivity index (χ3v) is 7.62. The predicted octanol–water partition coefficient (Wildman–Crippen LogP) is -3.90. The maximum atomic E-state index is 12.8. The Labute approximate surface area is 226 Å². The zero-order chi connectivity index (χ0) is 24.7. The Hall–Kier alpha value is -1.25. The normalized spacial score (nSPS) is 27.8. The van der Waals surface area contributed by atoms with Crippen molar-refractivity contribution in [3.8, 4) is 0 Å². The number of fused-ring (bicyclic) bond motifs is 7. The number of carboxylic acids is 1. The average molecular weight is 524 g/mol. The van der Waals surface area contributed by atoms with Gasteiger partial charge in [0.15, 0.2) is 16.1 Å². The molecule has 1 amide bonds. The van der Waals surface area contributed by atoms with E-state index in [0.717, 1.165) is 12.8 Å². The van der Waals surface area contributed by atoms with E-state index in [2.05, 4.69) is 0 Å². The number of carboxylic acid groups (broad SMARTS) is 1. The molecule has 190 valence electrons. The number of sulfone groups is 1. The van der Waals surface area contributed by atoms with Gasteiger partial charge in [-0.05, 0) is 18.4 Å². The second-order valence-electron chi connectivity index (χ2n) is 8.56. The van der Waals surface area contributed by atoms with Crippen LogP contribution in [-0.4, -0.2) is 79.4 Å². The first-order chi connectivity index (χ1) is 16.2. The van der Waals surface area contributed by atoms with Gasteiger partial charge in [-0.15, -0.1) is 0 Å². The average Bonchev–Trinajstić information content (AvgIpc) is 2.79. The molecule has 13 heteroatoms. The molecule has 11 nitrogen and oxygen atoms in total. The number of aliphatic carboxylic acids is 1. The van der Waals surface area contributed by atoms with Crippen molar-refractivity contribution in [1.29, 1.82) is 0 Å². The number of alkyl carbamates (subject to hydrolysis) is 1. The molecule has 3 aliphatic rings. The molecule has 1 aromatic rings. The summed E-state index contributed by atoms with van der Waals surface area (Å²) in [7, 11) is -4.12. The number of amides is 1. The van der Waals surface area contributed by atoms with Gasteiger partial charge >= 0.3 is 35.7 Å². The van der Waals surface area contributed by atoms with E-state index in [1.54, 1.807) is 30.3 Å². The number of aliphatic hydroxyl groups is 2. The second kappa shape index (κ2) is 13.9. The second-order valence-corrected chi connectivity index (χ2v) is 10.7. The van der Waals surface area contributed by atoms with Crippen molar-refractivity contribution >= 4 is 21.9 Å². The van der Waals surface area contributed by atoms with Gasteiger partial charge in [0.2, 0.25) is 0 Å². The summed E-state index contributed by atoms with van der Waals surface area (Å²) in [5.74, 6) is -4.03. The van der Waals surface area contributed by atoms with E-state index < -0.39 is 70.0 Å². The van der Waals surface area contributed by atoms with Crippen LogP contribution in [0.3, 0.4) is 0 Å². The van der Waals surface area contributed by atoms with Gasteiger partial charge in [-0.1, -0.05) is 43.2 Å². The summed E-state index contributed by atoms with van der Waals surface area (Å²) in [6, 6.07) is 6.81. The maximum Gasteiger partial charge on any atom is 1.00 e. The van der Waals surface area contributed by atoms with Crippen LogP contribution >= 0.6 is 0 Å². The molecule has 0 saturated carbocycles. The molecule has 0 aromatic heterocycles. The Bertz CT molecular complexity index is 929. The van der Waals surface area contributed by atoms with Crippen LogP contribution in [0.25, 0.3) is 0 Å². The smallest absolute Gasteiger partial charge is 0.548 e. The van der Waals surface area contributed by atoms with Crippen LogP contribution in [0.15, 0.2) is 30.3 Å². The zero-order valence-corrected chi connectivity index (χ0v) is 22.4. The van der Waals surface area contributed by atoms with Gasteiger partial charge in [-0.3, -0.25) is 0 Å². The topological polar surface area (TPSA) is 172 Å². The van der Waals surface area contributed by atoms with E-state index in [9.17, 15) is 33.3 Å². The number of hydrogen-bond acceptors (Lipinski definition) is 10. The number of aliphatic hydroxyl groups excluding tert-OH is 2. The molecule has 0 spiro atoms. The molecule has 3 fully saturated rings. The van der Waals surface area contributed by atoms with Gasteiger partial charge < -0.3 is 39.6 Å². The summed E-state index contributed by atoms with van der Waals surface area (Å²) in [4.78, 5) is 23.5. The van der Waals surface area contributed by atoms with Gasteiger partial charge in [0.1, 0.15) is 12.7 Å². The first-order valence-corrected chi connectivity index (χ1v) is 13.0. The fraction of sp³-hybridized carbons (Fsp3) is 0.636. The van der Waals surface area contributed by atoms with Crippen molar-refractivity contribution in [2.24, 2.45) is 5.92 Å². The van der Waals surface area contributed by atoms with Crippen LogP contribution < -0.4 is 40.0 Å². The maximum absolute atomic E-state index is 12.8. The van der Waals surface area contributed by atoms with Crippen LogP contribution in [0.1, 0.15) is 31.2 Å². The molecule has 1 aromatic carbocycles. The van der Waals surface area contributed by atoms with Gasteiger partial charge in [-0.25, -0.2) is 13.2 Å². The molecule has 3 aliphatic heterocycles. The summed E-state index contributed by atoms with van der Waals surface area (Å²) in [6.45, 7) is 0.165. The molecule has 6 atom stereocenters. The minimum absolute atomic E-state index is 0. The Balaban J connectivity index is 0.00000432. The summed E-state index contributed by atoms with van der Waals surface area (Å²) in [5, 5.41) is 34.3. The fourth-order valence-corrected chi connectivity index (χ4v) is 5.84. The summed E-state index contributed by atoms with van der Waals surface area (Å²) >= 11 is 0. The van der Waals surface area contributed by atoms with E-state index in [1.165, 1.54) is 0 Å². The molecule has 0 aliphatic carbocycles. The van der Waals surface area contributed by atoms with Crippen LogP contribution in [0, 0.1) is 5.92 Å². The number of nitrogens with one attached hydrogen (secondary N) is 1. The summed E-state index contributed by atoms with van der Waals surface area (Å²) in [5.41, 5.74) is 0.668. The number of carbonyl (C=O) groups is 2. The fourth-order valence-electron chi connectivity index (χ4n) is 4.15. The monoisotopic (exact) mass is 523 g/mol. The van der Waals surface area contributed by atoms with Crippen molar-refractivity contribution in [2.45, 2.75) is 62.9 Å². The summed E-state index contributed by atoms with van der Waals surface area (Å²) in [6.07, 6.45) is -3.21. The van der Waals surface area contributed by atoms with Crippen molar-refractivity contribution in [3.63, 3.8) is 0 Å². The molecule has 3 saturated heterocycles. The van der Waals surface area contributed by atoms with Crippen molar-refractivity contribution < 1.29 is 77.1 Å². The first kappa shape index (κ1) is 30.0. The van der Waals surface area contributed by atoms with Gasteiger partial charge in [-0.2, -0.15) is 0 Å². The molecular weight excluding hydrogens is 493 g/mol. The minimum Gasteiger partial charge on any atom is -0.548 e. The number of rotatable bonds is 8. The Morgan fingerprint density at radius 3 is 2.54 bits per heavy atom. The first-order valence-electron chi connectivity index (χ1n) is 11.2. The molecule has 3 heterocycles. The summed E-state index contributed by atoms with van der Waals surface area (Å²) < 4.78 is 41.8. The predicted molar refractivity (Wildman–Crippen MR) is 116 cm³/mol. The van der Waals surface area contributed by atoms with Crippen LogP contribution in [0.5, 0.6) is 0 Å².